The second kappa shape index (κ2) is 8.54. The molecular weight excluding hydrogens is 238 g/mol. The van der Waals surface area contributed by atoms with Gasteiger partial charge in [0.25, 0.3) is 0 Å². The molecule has 1 amide bonds. The van der Waals surface area contributed by atoms with Crippen molar-refractivity contribution in [3.63, 3.8) is 0 Å². The van der Waals surface area contributed by atoms with E-state index in [-0.39, 0.29) is 11.9 Å². The number of nitrogens with zero attached hydrogens (tertiary/aromatic N) is 1. The zero-order valence-corrected chi connectivity index (χ0v) is 13.0. The van der Waals surface area contributed by atoms with Crippen LogP contribution in [0.3, 0.4) is 0 Å². The van der Waals surface area contributed by atoms with E-state index in [0.717, 1.165) is 19.5 Å². The van der Waals surface area contributed by atoms with Gasteiger partial charge in [-0.15, -0.1) is 0 Å². The van der Waals surface area contributed by atoms with E-state index in [9.17, 15) is 4.79 Å². The quantitative estimate of drug-likeness (QED) is 0.772. The summed E-state index contributed by atoms with van der Waals surface area (Å²) >= 11 is 0. The maximum absolute atomic E-state index is 12.0. The van der Waals surface area contributed by atoms with Crippen LogP contribution in [0.15, 0.2) is 0 Å². The van der Waals surface area contributed by atoms with Gasteiger partial charge in [-0.3, -0.25) is 4.79 Å². The Balaban J connectivity index is 2.32. The van der Waals surface area contributed by atoms with Crippen molar-refractivity contribution >= 4 is 5.91 Å². The monoisotopic (exact) mass is 269 g/mol. The molecule has 19 heavy (non-hydrogen) atoms. The van der Waals surface area contributed by atoms with E-state index in [4.69, 9.17) is 0 Å². The molecule has 1 fully saturated rings. The fraction of sp³-hybridized carbons (Fsp3) is 0.933. The molecule has 0 aliphatic carbocycles. The highest BCUT2D eigenvalue weighted by Crippen LogP contribution is 2.12. The molecule has 0 saturated carbocycles. The fourth-order valence-corrected chi connectivity index (χ4v) is 2.78. The van der Waals surface area contributed by atoms with Crippen LogP contribution in [0.1, 0.15) is 52.9 Å². The molecule has 0 aromatic carbocycles. The molecule has 1 heterocycles. The molecule has 0 aromatic rings. The van der Waals surface area contributed by atoms with Crippen LogP contribution in [0.25, 0.3) is 0 Å². The van der Waals surface area contributed by atoms with Crippen molar-refractivity contribution in [3.05, 3.63) is 0 Å². The summed E-state index contributed by atoms with van der Waals surface area (Å²) in [5, 5.41) is 7.04. The van der Waals surface area contributed by atoms with E-state index in [1.54, 1.807) is 4.90 Å². The van der Waals surface area contributed by atoms with Gasteiger partial charge in [0.05, 0.1) is 6.04 Å². The molecule has 112 valence electrons. The molecule has 0 radical (unpaired) electrons. The van der Waals surface area contributed by atoms with Crippen LogP contribution in [0, 0.1) is 0 Å². The third-order valence-electron chi connectivity index (χ3n) is 4.06. The van der Waals surface area contributed by atoms with Crippen molar-refractivity contribution in [1.29, 1.82) is 0 Å². The molecule has 1 aliphatic heterocycles. The Labute approximate surface area is 118 Å². The summed E-state index contributed by atoms with van der Waals surface area (Å²) in [7, 11) is 1.86. The number of amides is 1. The zero-order valence-electron chi connectivity index (χ0n) is 13.0. The number of carbonyl (C=O) groups excluding carboxylic acids is 1. The van der Waals surface area contributed by atoms with Crippen LogP contribution in [0.4, 0.5) is 0 Å². The number of hydrogen-bond acceptors (Lipinski definition) is 3. The summed E-state index contributed by atoms with van der Waals surface area (Å²) in [6, 6.07) is 0.891. The Morgan fingerprint density at radius 3 is 2.79 bits per heavy atom. The van der Waals surface area contributed by atoms with Crippen LogP contribution in [0.5, 0.6) is 0 Å². The third-order valence-corrected chi connectivity index (χ3v) is 4.06. The molecule has 0 bridgehead atoms. The minimum absolute atomic E-state index is 0.0919. The van der Waals surface area contributed by atoms with E-state index in [1.807, 2.05) is 20.9 Å². The van der Waals surface area contributed by atoms with Crippen molar-refractivity contribution in [2.75, 3.05) is 20.1 Å². The predicted octanol–water partition coefficient (Wildman–Crippen LogP) is 1.75. The summed E-state index contributed by atoms with van der Waals surface area (Å²) in [6.07, 6.45) is 6.35. The van der Waals surface area contributed by atoms with Crippen LogP contribution >= 0.6 is 0 Å². The van der Waals surface area contributed by atoms with E-state index in [1.165, 1.54) is 25.7 Å². The lowest BCUT2D eigenvalue weighted by Gasteiger charge is -2.26. The SMILES string of the molecule is CCN(C)C(=O)C(C)NC(C)CC1CCCCCN1. The van der Waals surface area contributed by atoms with Crippen molar-refractivity contribution in [2.24, 2.45) is 0 Å². The third kappa shape index (κ3) is 5.91. The second-order valence-electron chi connectivity index (χ2n) is 5.88. The molecular formula is C15H31N3O. The molecule has 2 N–H and O–H groups in total. The highest BCUT2D eigenvalue weighted by Gasteiger charge is 2.20. The van der Waals surface area contributed by atoms with Gasteiger partial charge in [0.1, 0.15) is 0 Å². The fourth-order valence-electron chi connectivity index (χ4n) is 2.78. The molecule has 0 spiro atoms. The van der Waals surface area contributed by atoms with Crippen molar-refractivity contribution in [2.45, 2.75) is 71.0 Å². The first-order chi connectivity index (χ1) is 9.04. The van der Waals surface area contributed by atoms with Gasteiger partial charge in [-0.2, -0.15) is 0 Å². The Morgan fingerprint density at radius 2 is 2.11 bits per heavy atom. The first-order valence-electron chi connectivity index (χ1n) is 7.79. The summed E-state index contributed by atoms with van der Waals surface area (Å²) in [6.45, 7) is 8.06. The first-order valence-corrected chi connectivity index (χ1v) is 7.79. The summed E-state index contributed by atoms with van der Waals surface area (Å²) < 4.78 is 0. The van der Waals surface area contributed by atoms with Gasteiger partial charge in [-0.25, -0.2) is 0 Å². The average molecular weight is 269 g/mol. The zero-order chi connectivity index (χ0) is 14.3. The van der Waals surface area contributed by atoms with Gasteiger partial charge in [0, 0.05) is 25.7 Å². The van der Waals surface area contributed by atoms with Crippen LogP contribution in [-0.2, 0) is 4.79 Å². The van der Waals surface area contributed by atoms with Gasteiger partial charge >= 0.3 is 0 Å². The van der Waals surface area contributed by atoms with Crippen molar-refractivity contribution in [1.82, 2.24) is 15.5 Å². The Morgan fingerprint density at radius 1 is 1.37 bits per heavy atom. The molecule has 3 unspecified atom stereocenters. The number of hydrogen-bond donors (Lipinski definition) is 2. The summed E-state index contributed by atoms with van der Waals surface area (Å²) in [5.41, 5.74) is 0. The Hall–Kier alpha value is -0.610. The van der Waals surface area contributed by atoms with E-state index in [0.29, 0.717) is 12.1 Å². The largest absolute Gasteiger partial charge is 0.345 e. The van der Waals surface area contributed by atoms with Gasteiger partial charge in [0.15, 0.2) is 0 Å². The highest BCUT2D eigenvalue weighted by molar-refractivity contribution is 5.81. The Bertz CT molecular complexity index is 262. The maximum Gasteiger partial charge on any atom is 0.239 e. The summed E-state index contributed by atoms with van der Waals surface area (Å²) in [5.74, 6) is 0.183. The van der Waals surface area contributed by atoms with Crippen molar-refractivity contribution < 1.29 is 4.79 Å². The smallest absolute Gasteiger partial charge is 0.239 e. The number of nitrogens with one attached hydrogen (secondary N) is 2. The van der Waals surface area contributed by atoms with Crippen molar-refractivity contribution in [3.8, 4) is 0 Å². The lowest BCUT2D eigenvalue weighted by atomic mass is 10.0. The standard InChI is InChI=1S/C15H31N3O/c1-5-18(4)15(19)13(3)17-12(2)11-14-9-7-6-8-10-16-14/h12-14,16-17H,5-11H2,1-4H3. The Kier molecular flexibility index (Phi) is 7.39. The molecule has 4 heteroatoms. The van der Waals surface area contributed by atoms with Gasteiger partial charge in [-0.1, -0.05) is 12.8 Å². The molecule has 1 rings (SSSR count). The van der Waals surface area contributed by atoms with Gasteiger partial charge in [-0.05, 0) is 46.6 Å². The molecule has 0 aromatic heterocycles. The molecule has 1 aliphatic rings. The minimum Gasteiger partial charge on any atom is -0.345 e. The number of rotatable bonds is 6. The maximum atomic E-state index is 12.0. The first kappa shape index (κ1) is 16.4. The number of likely N-dealkylation sites (N-methyl/N-ethyl adjacent to an activating group) is 1. The topological polar surface area (TPSA) is 44.4 Å². The lowest BCUT2D eigenvalue weighted by molar-refractivity contribution is -0.131. The minimum atomic E-state index is -0.0919. The van der Waals surface area contributed by atoms with Crippen LogP contribution in [0.2, 0.25) is 0 Å². The van der Waals surface area contributed by atoms with Crippen LogP contribution < -0.4 is 10.6 Å². The average Bonchev–Trinajstić information content (AvgIpc) is 2.65. The van der Waals surface area contributed by atoms with Gasteiger partial charge in [0.2, 0.25) is 5.91 Å². The van der Waals surface area contributed by atoms with E-state index >= 15 is 0 Å². The van der Waals surface area contributed by atoms with E-state index < -0.39 is 0 Å². The number of carbonyl (C=O) groups is 1. The van der Waals surface area contributed by atoms with Crippen LogP contribution in [-0.4, -0.2) is 49.1 Å². The van der Waals surface area contributed by atoms with Gasteiger partial charge < -0.3 is 15.5 Å². The molecule has 3 atom stereocenters. The molecule has 1 saturated heterocycles. The normalized spacial score (nSPS) is 23.5. The summed E-state index contributed by atoms with van der Waals surface area (Å²) in [4.78, 5) is 13.8. The molecule has 4 nitrogen and oxygen atoms in total. The lowest BCUT2D eigenvalue weighted by Crippen LogP contribution is -2.48. The second-order valence-corrected chi connectivity index (χ2v) is 5.88. The highest BCUT2D eigenvalue weighted by atomic mass is 16.2. The predicted molar refractivity (Wildman–Crippen MR) is 80.2 cm³/mol. The van der Waals surface area contributed by atoms with E-state index in [2.05, 4.69) is 17.6 Å².